The van der Waals surface area contributed by atoms with E-state index in [9.17, 15) is 4.79 Å². The highest BCUT2D eigenvalue weighted by atomic mass is 32.3. The van der Waals surface area contributed by atoms with Crippen LogP contribution in [0.25, 0.3) is 0 Å². The summed E-state index contributed by atoms with van der Waals surface area (Å²) in [5.41, 5.74) is 4.46. The Balaban J connectivity index is 1.47. The number of benzene rings is 3. The predicted molar refractivity (Wildman–Crippen MR) is 143 cm³/mol. The van der Waals surface area contributed by atoms with Gasteiger partial charge in [0.2, 0.25) is 5.91 Å². The van der Waals surface area contributed by atoms with Crippen LogP contribution in [0.15, 0.2) is 99.8 Å². The smallest absolute Gasteiger partial charge is 0.240 e. The van der Waals surface area contributed by atoms with Crippen LogP contribution in [0.4, 0.5) is 0 Å². The molecule has 0 bridgehead atoms. The molecular weight excluding hydrogens is 456 g/mol. The summed E-state index contributed by atoms with van der Waals surface area (Å²) < 4.78 is 12.8. The summed E-state index contributed by atoms with van der Waals surface area (Å²) >= 11 is 0. The molecule has 6 heteroatoms. The molecule has 3 aromatic rings. The van der Waals surface area contributed by atoms with Crippen molar-refractivity contribution in [3.05, 3.63) is 90.5 Å². The lowest BCUT2D eigenvalue weighted by molar-refractivity contribution is -0.121. The highest BCUT2D eigenvalue weighted by Crippen LogP contribution is 2.71. The molecule has 35 heavy (non-hydrogen) atoms. The summed E-state index contributed by atoms with van der Waals surface area (Å²) in [5, 5.41) is 4.23. The number of amides is 1. The molecule has 0 saturated carbocycles. The highest BCUT2D eigenvalue weighted by Gasteiger charge is 2.41. The van der Waals surface area contributed by atoms with Crippen LogP contribution in [0.3, 0.4) is 0 Å². The Hall–Kier alpha value is -3.09. The third kappa shape index (κ3) is 5.44. The maximum atomic E-state index is 11.5. The third-order valence-electron chi connectivity index (χ3n) is 6.03. The molecule has 0 aliphatic carbocycles. The first-order valence-electron chi connectivity index (χ1n) is 12.0. The summed E-state index contributed by atoms with van der Waals surface area (Å²) in [4.78, 5) is 13.9. The van der Waals surface area contributed by atoms with Crippen LogP contribution < -0.4 is 10.2 Å². The van der Waals surface area contributed by atoms with Crippen molar-refractivity contribution in [1.82, 2.24) is 5.43 Å². The first kappa shape index (κ1) is 25.0. The zero-order chi connectivity index (χ0) is 24.9. The Kier molecular flexibility index (Phi) is 7.63. The minimum Gasteiger partial charge on any atom is -0.491 e. The van der Waals surface area contributed by atoms with Gasteiger partial charge in [-0.3, -0.25) is 4.79 Å². The maximum Gasteiger partial charge on any atom is 0.240 e. The van der Waals surface area contributed by atoms with Gasteiger partial charge in [-0.1, -0.05) is 53.6 Å². The standard InChI is InChI=1S/C29H34N2O3S/c1-22-21-27(32)30-31-28(22)23-15-17-24(18-16-23)33-19-20-34-35(29(2,3)4,25-11-7-5-8-12-25)26-13-9-6-10-14-26/h5-18,22H,19-21H2,1-4H3,(H,30,32). The number of nitrogens with zero attached hydrogens (tertiary/aromatic N) is 1. The van der Waals surface area contributed by atoms with Crippen molar-refractivity contribution < 1.29 is 13.7 Å². The molecule has 5 nitrogen and oxygen atoms in total. The van der Waals surface area contributed by atoms with Crippen LogP contribution in [-0.2, 0) is 8.98 Å². The second-order valence-corrected chi connectivity index (χ2v) is 13.1. The highest BCUT2D eigenvalue weighted by molar-refractivity contribution is 8.31. The SMILES string of the molecule is CC1CC(=O)NN=C1c1ccc(OCCOS(c2ccccc2)(c2ccccc2)C(C)(C)C)cc1. The van der Waals surface area contributed by atoms with Gasteiger partial charge in [0.15, 0.2) is 0 Å². The first-order chi connectivity index (χ1) is 16.8. The van der Waals surface area contributed by atoms with Crippen molar-refractivity contribution in [2.24, 2.45) is 11.0 Å². The number of carbonyl (C=O) groups excluding carboxylic acids is 1. The first-order valence-corrected chi connectivity index (χ1v) is 13.5. The summed E-state index contributed by atoms with van der Waals surface area (Å²) in [6.07, 6.45) is 0.453. The van der Waals surface area contributed by atoms with Crippen molar-refractivity contribution >= 4 is 21.9 Å². The predicted octanol–water partition coefficient (Wildman–Crippen LogP) is 6.58. The second kappa shape index (κ2) is 10.7. The third-order valence-corrected chi connectivity index (χ3v) is 10.2. The minimum atomic E-state index is -1.79. The number of rotatable bonds is 8. The Bertz CT molecular complexity index is 1120. The van der Waals surface area contributed by atoms with E-state index in [1.807, 2.05) is 43.3 Å². The number of ether oxygens (including phenoxy) is 1. The molecule has 1 atom stereocenters. The van der Waals surface area contributed by atoms with Gasteiger partial charge in [0.1, 0.15) is 12.4 Å². The summed E-state index contributed by atoms with van der Waals surface area (Å²) in [6, 6.07) is 29.0. The lowest BCUT2D eigenvalue weighted by Crippen LogP contribution is -2.31. The second-order valence-electron chi connectivity index (χ2n) is 9.63. The van der Waals surface area contributed by atoms with Crippen molar-refractivity contribution in [1.29, 1.82) is 0 Å². The van der Waals surface area contributed by atoms with E-state index in [2.05, 4.69) is 79.8 Å². The fourth-order valence-electron chi connectivity index (χ4n) is 4.42. The zero-order valence-electron chi connectivity index (χ0n) is 20.9. The maximum absolute atomic E-state index is 11.5. The van der Waals surface area contributed by atoms with E-state index in [0.29, 0.717) is 19.6 Å². The molecule has 0 spiro atoms. The van der Waals surface area contributed by atoms with Crippen LogP contribution >= 0.6 is 10.3 Å². The van der Waals surface area contributed by atoms with Gasteiger partial charge < -0.3 is 8.92 Å². The summed E-state index contributed by atoms with van der Waals surface area (Å²) in [7, 11) is -1.79. The molecule has 0 saturated heterocycles. The van der Waals surface area contributed by atoms with E-state index in [-0.39, 0.29) is 16.6 Å². The van der Waals surface area contributed by atoms with Crippen LogP contribution in [-0.4, -0.2) is 29.6 Å². The largest absolute Gasteiger partial charge is 0.491 e. The van der Waals surface area contributed by atoms with E-state index in [1.54, 1.807) is 0 Å². The van der Waals surface area contributed by atoms with Crippen LogP contribution in [0.2, 0.25) is 0 Å². The molecule has 184 valence electrons. The average Bonchev–Trinajstić information content (AvgIpc) is 2.85. The topological polar surface area (TPSA) is 59.9 Å². The number of nitrogens with one attached hydrogen (secondary N) is 1. The number of hydrazone groups is 1. The van der Waals surface area contributed by atoms with Gasteiger partial charge in [0, 0.05) is 26.9 Å². The number of hydrogen-bond acceptors (Lipinski definition) is 4. The van der Waals surface area contributed by atoms with E-state index in [1.165, 1.54) is 9.79 Å². The Morgan fingerprint density at radius 3 is 1.97 bits per heavy atom. The zero-order valence-corrected chi connectivity index (χ0v) is 21.7. The molecule has 1 aliphatic heterocycles. The van der Waals surface area contributed by atoms with E-state index >= 15 is 0 Å². The van der Waals surface area contributed by atoms with Gasteiger partial charge in [-0.25, -0.2) is 5.43 Å². The van der Waals surface area contributed by atoms with Gasteiger partial charge in [-0.05, 0) is 74.9 Å². The van der Waals surface area contributed by atoms with Gasteiger partial charge in [0.05, 0.1) is 12.3 Å². The average molecular weight is 491 g/mol. The van der Waals surface area contributed by atoms with Crippen molar-refractivity contribution in [2.45, 2.75) is 48.7 Å². The fraction of sp³-hybridized carbons (Fsp3) is 0.310. The number of carbonyl (C=O) groups is 1. The summed E-state index contributed by atoms with van der Waals surface area (Å²) in [5.74, 6) is 0.829. The molecule has 3 aromatic carbocycles. The monoisotopic (exact) mass is 490 g/mol. The molecule has 1 aliphatic rings. The van der Waals surface area contributed by atoms with Crippen molar-refractivity contribution in [2.75, 3.05) is 13.2 Å². The van der Waals surface area contributed by atoms with Crippen LogP contribution in [0.1, 0.15) is 39.7 Å². The Morgan fingerprint density at radius 2 is 1.46 bits per heavy atom. The lowest BCUT2D eigenvalue weighted by Gasteiger charge is -2.50. The van der Waals surface area contributed by atoms with Gasteiger partial charge in [0.25, 0.3) is 0 Å². The van der Waals surface area contributed by atoms with E-state index < -0.39 is 10.3 Å². The normalized spacial score (nSPS) is 16.9. The van der Waals surface area contributed by atoms with Crippen molar-refractivity contribution in [3.63, 3.8) is 0 Å². The van der Waals surface area contributed by atoms with Crippen molar-refractivity contribution in [3.8, 4) is 5.75 Å². The van der Waals surface area contributed by atoms with E-state index in [4.69, 9.17) is 8.92 Å². The molecule has 1 unspecified atom stereocenters. The molecule has 1 N–H and O–H groups in total. The molecule has 1 amide bonds. The lowest BCUT2D eigenvalue weighted by atomic mass is 9.94. The Morgan fingerprint density at radius 1 is 0.886 bits per heavy atom. The molecule has 4 rings (SSSR count). The molecule has 0 fully saturated rings. The fourth-order valence-corrected chi connectivity index (χ4v) is 8.13. The Labute approximate surface area is 210 Å². The summed E-state index contributed by atoms with van der Waals surface area (Å²) in [6.45, 7) is 9.67. The van der Waals surface area contributed by atoms with Gasteiger partial charge >= 0.3 is 0 Å². The van der Waals surface area contributed by atoms with E-state index in [0.717, 1.165) is 17.0 Å². The van der Waals surface area contributed by atoms with Gasteiger partial charge in [-0.2, -0.15) is 5.10 Å². The molecule has 0 radical (unpaired) electrons. The van der Waals surface area contributed by atoms with Gasteiger partial charge in [-0.15, -0.1) is 0 Å². The molecular formula is C29H34N2O3S. The molecule has 0 aromatic heterocycles. The number of hydrogen-bond donors (Lipinski definition) is 1. The quantitative estimate of drug-likeness (QED) is 0.363. The minimum absolute atomic E-state index is 0.0410. The van der Waals surface area contributed by atoms with Crippen LogP contribution in [0, 0.1) is 5.92 Å². The molecule has 1 heterocycles. The van der Waals surface area contributed by atoms with Crippen LogP contribution in [0.5, 0.6) is 5.75 Å².